The summed E-state index contributed by atoms with van der Waals surface area (Å²) in [6, 6.07) is 24.4. The molecule has 4 rings (SSSR count). The summed E-state index contributed by atoms with van der Waals surface area (Å²) in [5, 5.41) is 0. The molecule has 0 unspecified atom stereocenters. The lowest BCUT2D eigenvalue weighted by Gasteiger charge is -2.09. The van der Waals surface area contributed by atoms with Crippen LogP contribution in [0.1, 0.15) is 56.0 Å². The predicted octanol–water partition coefficient (Wildman–Crippen LogP) is 7.41. The molecule has 0 spiro atoms. The Hall–Kier alpha value is -3.56. The van der Waals surface area contributed by atoms with Gasteiger partial charge in [0.2, 0.25) is 5.95 Å². The minimum Gasteiger partial charge on any atom is -0.399 e. The number of anilines is 3. The summed E-state index contributed by atoms with van der Waals surface area (Å²) in [6.45, 7) is 6.13. The zero-order valence-corrected chi connectivity index (χ0v) is 25.1. The van der Waals surface area contributed by atoms with Crippen molar-refractivity contribution in [2.45, 2.75) is 74.0 Å². The molecule has 40 heavy (non-hydrogen) atoms. The Balaban J connectivity index is 0.000000249. The Morgan fingerprint density at radius 1 is 0.775 bits per heavy atom. The third kappa shape index (κ3) is 10.5. The van der Waals surface area contributed by atoms with Crippen LogP contribution in [-0.2, 0) is 16.4 Å². The SMILES string of the molecule is CCCCCCCc1cc(C)nc(NS(=O)(=O)c2ccc(N)cc2)n1.Cc1cccc(Sc2ccc(N)cc2)c1. The van der Waals surface area contributed by atoms with Gasteiger partial charge in [0, 0.05) is 32.6 Å². The highest BCUT2D eigenvalue weighted by Gasteiger charge is 2.16. The molecule has 0 saturated heterocycles. The number of rotatable bonds is 11. The summed E-state index contributed by atoms with van der Waals surface area (Å²) in [5.74, 6) is 0.111. The van der Waals surface area contributed by atoms with Crippen molar-refractivity contribution in [3.63, 3.8) is 0 Å². The number of unbranched alkanes of at least 4 members (excludes halogenated alkanes) is 4. The monoisotopic (exact) mass is 577 g/mol. The maximum Gasteiger partial charge on any atom is 0.264 e. The molecule has 3 aromatic carbocycles. The van der Waals surface area contributed by atoms with E-state index in [9.17, 15) is 8.42 Å². The van der Waals surface area contributed by atoms with Gasteiger partial charge in [-0.2, -0.15) is 0 Å². The second-order valence-corrected chi connectivity index (χ2v) is 12.5. The van der Waals surface area contributed by atoms with Crippen LogP contribution in [-0.4, -0.2) is 18.4 Å². The van der Waals surface area contributed by atoms with Gasteiger partial charge in [0.1, 0.15) is 0 Å². The zero-order chi connectivity index (χ0) is 29.0. The molecule has 7 nitrogen and oxygen atoms in total. The van der Waals surface area contributed by atoms with Gasteiger partial charge in [-0.25, -0.2) is 23.1 Å². The van der Waals surface area contributed by atoms with Gasteiger partial charge in [0.15, 0.2) is 0 Å². The molecule has 1 aromatic heterocycles. The van der Waals surface area contributed by atoms with E-state index in [-0.39, 0.29) is 10.8 Å². The normalized spacial score (nSPS) is 11.0. The smallest absolute Gasteiger partial charge is 0.264 e. The largest absolute Gasteiger partial charge is 0.399 e. The first-order chi connectivity index (χ1) is 19.1. The summed E-state index contributed by atoms with van der Waals surface area (Å²) < 4.78 is 27.3. The van der Waals surface area contributed by atoms with E-state index in [4.69, 9.17) is 11.5 Å². The first-order valence-electron chi connectivity index (χ1n) is 13.5. The number of sulfonamides is 1. The van der Waals surface area contributed by atoms with E-state index in [1.54, 1.807) is 23.9 Å². The number of nitrogen functional groups attached to an aromatic ring is 2. The average Bonchev–Trinajstić information content (AvgIpc) is 2.90. The van der Waals surface area contributed by atoms with Gasteiger partial charge in [-0.15, -0.1) is 0 Å². The predicted molar refractivity (Wildman–Crippen MR) is 167 cm³/mol. The lowest BCUT2D eigenvalue weighted by molar-refractivity contribution is 0.600. The molecule has 0 atom stereocenters. The van der Waals surface area contributed by atoms with Crippen LogP contribution >= 0.6 is 11.8 Å². The van der Waals surface area contributed by atoms with Crippen molar-refractivity contribution in [1.29, 1.82) is 0 Å². The van der Waals surface area contributed by atoms with Crippen molar-refractivity contribution >= 4 is 39.1 Å². The highest BCUT2D eigenvalue weighted by atomic mass is 32.2. The van der Waals surface area contributed by atoms with Gasteiger partial charge in [-0.1, -0.05) is 62.1 Å². The quantitative estimate of drug-likeness (QED) is 0.125. The van der Waals surface area contributed by atoms with E-state index in [0.717, 1.165) is 36.3 Å². The maximum atomic E-state index is 12.4. The summed E-state index contributed by atoms with van der Waals surface area (Å²) in [7, 11) is -3.73. The maximum absolute atomic E-state index is 12.4. The number of aryl methyl sites for hydroxylation is 3. The van der Waals surface area contributed by atoms with Gasteiger partial charge in [-0.05, 0) is 93.4 Å². The van der Waals surface area contributed by atoms with Gasteiger partial charge < -0.3 is 11.5 Å². The van der Waals surface area contributed by atoms with Crippen molar-refractivity contribution in [2.75, 3.05) is 16.2 Å². The van der Waals surface area contributed by atoms with Crippen LogP contribution in [0.5, 0.6) is 0 Å². The third-order valence-electron chi connectivity index (χ3n) is 5.97. The van der Waals surface area contributed by atoms with Gasteiger partial charge >= 0.3 is 0 Å². The number of nitrogens with two attached hydrogens (primary N) is 2. The Morgan fingerprint density at radius 3 is 2.08 bits per heavy atom. The number of hydrogen-bond donors (Lipinski definition) is 3. The lowest BCUT2D eigenvalue weighted by Crippen LogP contribution is -2.16. The average molecular weight is 578 g/mol. The van der Waals surface area contributed by atoms with E-state index >= 15 is 0 Å². The van der Waals surface area contributed by atoms with Crippen molar-refractivity contribution in [1.82, 2.24) is 9.97 Å². The van der Waals surface area contributed by atoms with E-state index in [2.05, 4.69) is 52.8 Å². The molecular weight excluding hydrogens is 539 g/mol. The summed E-state index contributed by atoms with van der Waals surface area (Å²) in [5.41, 5.74) is 15.4. The fourth-order valence-electron chi connectivity index (χ4n) is 3.89. The summed E-state index contributed by atoms with van der Waals surface area (Å²) in [4.78, 5) is 11.2. The molecule has 0 aliphatic carbocycles. The molecule has 0 saturated carbocycles. The van der Waals surface area contributed by atoms with Crippen molar-refractivity contribution < 1.29 is 8.42 Å². The molecule has 0 fully saturated rings. The molecule has 0 aliphatic rings. The highest BCUT2D eigenvalue weighted by Crippen LogP contribution is 2.28. The number of nitrogens with one attached hydrogen (secondary N) is 1. The number of hydrogen-bond acceptors (Lipinski definition) is 7. The first-order valence-corrected chi connectivity index (χ1v) is 15.8. The fraction of sp³-hybridized carbons (Fsp3) is 0.290. The van der Waals surface area contributed by atoms with E-state index in [1.807, 2.05) is 37.3 Å². The van der Waals surface area contributed by atoms with Crippen LogP contribution in [0.4, 0.5) is 17.3 Å². The third-order valence-corrected chi connectivity index (χ3v) is 8.31. The summed E-state index contributed by atoms with van der Waals surface area (Å²) in [6.07, 6.45) is 6.70. The van der Waals surface area contributed by atoms with Crippen LogP contribution in [0.3, 0.4) is 0 Å². The molecule has 0 aliphatic heterocycles. The first kappa shape index (κ1) is 31.0. The van der Waals surface area contributed by atoms with Crippen molar-refractivity contribution in [3.8, 4) is 0 Å². The molecular formula is C31H39N5O2S2. The van der Waals surface area contributed by atoms with Gasteiger partial charge in [-0.3, -0.25) is 0 Å². The van der Waals surface area contributed by atoms with E-state index < -0.39 is 10.0 Å². The van der Waals surface area contributed by atoms with Crippen molar-refractivity contribution in [2.24, 2.45) is 0 Å². The Bertz CT molecular complexity index is 1460. The standard InChI is InChI=1S/C18H26N4O2S.C13H13NS/c1-3-4-5-6-7-8-16-13-14(2)20-18(21-16)22-25(23,24)17-11-9-15(19)10-12-17;1-10-3-2-4-13(9-10)15-12-7-5-11(14)6-8-12/h9-13H,3-8,19H2,1-2H3,(H,20,21,22);2-9H,14H2,1H3. The second kappa shape index (κ2) is 15.3. The molecule has 212 valence electrons. The van der Waals surface area contributed by atoms with Gasteiger partial charge in [0.05, 0.1) is 4.90 Å². The zero-order valence-electron chi connectivity index (χ0n) is 23.4. The van der Waals surface area contributed by atoms with Crippen LogP contribution in [0.2, 0.25) is 0 Å². The molecule has 0 amide bonds. The molecule has 0 bridgehead atoms. The number of nitrogens with zero attached hydrogens (tertiary/aromatic N) is 2. The van der Waals surface area contributed by atoms with Crippen LogP contribution < -0.4 is 16.2 Å². The topological polar surface area (TPSA) is 124 Å². The van der Waals surface area contributed by atoms with Crippen molar-refractivity contribution in [3.05, 3.63) is 95.8 Å². The fourth-order valence-corrected chi connectivity index (χ4v) is 5.77. The van der Waals surface area contributed by atoms with E-state index in [0.29, 0.717) is 5.69 Å². The Labute approximate surface area is 242 Å². The molecule has 4 aromatic rings. The second-order valence-electron chi connectivity index (χ2n) is 9.65. The molecule has 5 N–H and O–H groups in total. The van der Waals surface area contributed by atoms with E-state index in [1.165, 1.54) is 46.7 Å². The molecule has 0 radical (unpaired) electrons. The molecule has 1 heterocycles. The van der Waals surface area contributed by atoms with Crippen LogP contribution in [0.25, 0.3) is 0 Å². The van der Waals surface area contributed by atoms with Gasteiger partial charge in [0.25, 0.3) is 10.0 Å². The number of aromatic nitrogens is 2. The number of benzene rings is 3. The Morgan fingerprint density at radius 2 is 1.43 bits per heavy atom. The Kier molecular flexibility index (Phi) is 11.8. The van der Waals surface area contributed by atoms with Crippen LogP contribution in [0.15, 0.2) is 93.5 Å². The lowest BCUT2D eigenvalue weighted by atomic mass is 10.1. The molecule has 9 heteroatoms. The minimum atomic E-state index is -3.73. The van der Waals surface area contributed by atoms with Crippen LogP contribution in [0, 0.1) is 13.8 Å². The summed E-state index contributed by atoms with van der Waals surface area (Å²) >= 11 is 1.75. The minimum absolute atomic E-state index is 0.111. The highest BCUT2D eigenvalue weighted by molar-refractivity contribution is 7.99.